The van der Waals surface area contributed by atoms with Crippen molar-refractivity contribution in [2.24, 2.45) is 0 Å². The van der Waals surface area contributed by atoms with Crippen LogP contribution in [-0.2, 0) is 21.9 Å². The molecule has 32 heavy (non-hydrogen) atoms. The molecule has 2 rings (SSSR count). The molecule has 0 fully saturated rings. The molecule has 0 heterocycles. The lowest BCUT2D eigenvalue weighted by Crippen LogP contribution is -2.37. The Morgan fingerprint density at radius 1 is 1.00 bits per heavy atom. The van der Waals surface area contributed by atoms with Crippen LogP contribution in [0.4, 0.5) is 32.0 Å². The number of alkyl halides is 6. The lowest BCUT2D eigenvalue weighted by atomic mass is 10.1. The predicted molar refractivity (Wildman–Crippen MR) is 108 cm³/mol. The van der Waals surface area contributed by atoms with E-state index in [1.54, 1.807) is 0 Å². The minimum Gasteiger partial charge on any atom is -0.330 e. The summed E-state index contributed by atoms with van der Waals surface area (Å²) in [6, 6.07) is 7.46. The molecule has 11 heteroatoms. The Kier molecular flexibility index (Phi) is 7.95. The fraction of sp³-hybridized carbons (Fsp3) is 0.238. The first-order valence-corrected chi connectivity index (χ1v) is 9.50. The molecule has 0 aliphatic carbocycles. The Bertz CT molecular complexity index is 1020. The highest BCUT2D eigenvalue weighted by molar-refractivity contribution is 6.31. The molecule has 0 aliphatic heterocycles. The van der Waals surface area contributed by atoms with Crippen LogP contribution in [0.15, 0.2) is 48.5 Å². The van der Waals surface area contributed by atoms with Gasteiger partial charge in [-0.2, -0.15) is 26.3 Å². The van der Waals surface area contributed by atoms with Crippen LogP contribution in [0.2, 0.25) is 5.02 Å². The van der Waals surface area contributed by atoms with Crippen molar-refractivity contribution in [2.45, 2.75) is 19.3 Å². The van der Waals surface area contributed by atoms with Crippen LogP contribution >= 0.6 is 11.6 Å². The summed E-state index contributed by atoms with van der Waals surface area (Å²) in [4.78, 5) is 25.6. The van der Waals surface area contributed by atoms with Crippen molar-refractivity contribution in [1.82, 2.24) is 4.90 Å². The number of halogens is 7. The normalized spacial score (nSPS) is 12.1. The summed E-state index contributed by atoms with van der Waals surface area (Å²) >= 11 is 5.55. The number of carbonyl (C=O) groups is 2. The fourth-order valence-corrected chi connectivity index (χ4v) is 2.91. The summed E-state index contributed by atoms with van der Waals surface area (Å²) in [7, 11) is 0. The summed E-state index contributed by atoms with van der Waals surface area (Å²) in [5.74, 6) is -1.58. The lowest BCUT2D eigenvalue weighted by molar-refractivity contribution is -0.138. The molecule has 1 N–H and O–H groups in total. The number of para-hydroxylation sites is 1. The van der Waals surface area contributed by atoms with Gasteiger partial charge in [-0.25, -0.2) is 0 Å². The third kappa shape index (κ3) is 6.74. The second-order valence-corrected chi connectivity index (χ2v) is 6.92. The second-order valence-electron chi connectivity index (χ2n) is 6.51. The Morgan fingerprint density at radius 3 is 2.22 bits per heavy atom. The number of carbonyl (C=O) groups excluding carboxylic acids is 2. The lowest BCUT2D eigenvalue weighted by Gasteiger charge is -2.20. The standard InChI is InChI=1S/C21H17ClF6N2O2/c1-2-30(12-18(31)29-17-6-4-3-5-14(17)20(23,24)25)19(32)10-8-13-7-9-16(22)15(11-13)21(26,27)28/h3-11H,2,12H2,1H3,(H,29,31)/b10-8+. The van der Waals surface area contributed by atoms with Crippen LogP contribution in [-0.4, -0.2) is 29.8 Å². The van der Waals surface area contributed by atoms with Crippen molar-refractivity contribution in [3.05, 3.63) is 70.3 Å². The van der Waals surface area contributed by atoms with Crippen molar-refractivity contribution >= 4 is 35.2 Å². The Labute approximate surface area is 184 Å². The van der Waals surface area contributed by atoms with Gasteiger partial charge in [0.15, 0.2) is 0 Å². The largest absolute Gasteiger partial charge is 0.418 e. The zero-order valence-electron chi connectivity index (χ0n) is 16.5. The first-order chi connectivity index (χ1) is 14.8. The molecule has 0 bridgehead atoms. The number of hydrogen-bond acceptors (Lipinski definition) is 2. The first-order valence-electron chi connectivity index (χ1n) is 9.12. The van der Waals surface area contributed by atoms with E-state index < -0.39 is 52.5 Å². The Hall–Kier alpha value is -3.01. The topological polar surface area (TPSA) is 49.4 Å². The van der Waals surface area contributed by atoms with Crippen LogP contribution in [0.1, 0.15) is 23.6 Å². The number of rotatable bonds is 6. The van der Waals surface area contributed by atoms with Gasteiger partial charge in [0.25, 0.3) is 0 Å². The van der Waals surface area contributed by atoms with Crippen LogP contribution in [0, 0.1) is 0 Å². The van der Waals surface area contributed by atoms with E-state index >= 15 is 0 Å². The quantitative estimate of drug-likeness (QED) is 0.416. The molecule has 0 aliphatic rings. The van der Waals surface area contributed by atoms with E-state index in [0.717, 1.165) is 41.3 Å². The predicted octanol–water partition coefficient (Wildman–Crippen LogP) is 5.88. The van der Waals surface area contributed by atoms with Gasteiger partial charge in [0.05, 0.1) is 21.8 Å². The number of anilines is 1. The molecule has 2 aromatic rings. The van der Waals surface area contributed by atoms with Gasteiger partial charge in [-0.15, -0.1) is 0 Å². The number of amides is 2. The minimum absolute atomic E-state index is 0.0337. The molecular formula is C21H17ClF6N2O2. The molecular weight excluding hydrogens is 462 g/mol. The van der Waals surface area contributed by atoms with Crippen molar-refractivity contribution in [1.29, 1.82) is 0 Å². The summed E-state index contributed by atoms with van der Waals surface area (Å²) in [6.07, 6.45) is -7.27. The van der Waals surface area contributed by atoms with Gasteiger partial charge < -0.3 is 10.2 Å². The van der Waals surface area contributed by atoms with E-state index in [4.69, 9.17) is 11.6 Å². The second kappa shape index (κ2) is 10.1. The number of nitrogens with zero attached hydrogens (tertiary/aromatic N) is 1. The van der Waals surface area contributed by atoms with E-state index in [1.165, 1.54) is 25.1 Å². The zero-order chi connectivity index (χ0) is 24.1. The number of hydrogen-bond donors (Lipinski definition) is 1. The molecule has 0 saturated heterocycles. The van der Waals surface area contributed by atoms with E-state index in [2.05, 4.69) is 5.32 Å². The Morgan fingerprint density at radius 2 is 1.62 bits per heavy atom. The highest BCUT2D eigenvalue weighted by Gasteiger charge is 2.34. The van der Waals surface area contributed by atoms with Gasteiger partial charge in [0.2, 0.25) is 11.8 Å². The van der Waals surface area contributed by atoms with Gasteiger partial charge in [0, 0.05) is 12.6 Å². The van der Waals surface area contributed by atoms with E-state index in [0.29, 0.717) is 0 Å². The maximum atomic E-state index is 13.0. The highest BCUT2D eigenvalue weighted by Crippen LogP contribution is 2.36. The average Bonchev–Trinajstić information content (AvgIpc) is 2.69. The van der Waals surface area contributed by atoms with Gasteiger partial charge in [-0.05, 0) is 42.8 Å². The summed E-state index contributed by atoms with van der Waals surface area (Å²) in [5, 5.41) is 1.63. The minimum atomic E-state index is -4.68. The highest BCUT2D eigenvalue weighted by atomic mass is 35.5. The van der Waals surface area contributed by atoms with Crippen LogP contribution in [0.3, 0.4) is 0 Å². The van der Waals surface area contributed by atoms with Crippen molar-refractivity contribution in [3.8, 4) is 0 Å². The molecule has 172 valence electrons. The summed E-state index contributed by atoms with van der Waals surface area (Å²) in [5.41, 5.74) is -2.51. The molecule has 0 saturated carbocycles. The average molecular weight is 479 g/mol. The van der Waals surface area contributed by atoms with Gasteiger partial charge in [0.1, 0.15) is 6.54 Å². The SMILES string of the molecule is CCN(CC(=O)Nc1ccccc1C(F)(F)F)C(=O)/C=C/c1ccc(Cl)c(C(F)(F)F)c1. The van der Waals surface area contributed by atoms with E-state index in [9.17, 15) is 35.9 Å². The van der Waals surface area contributed by atoms with Crippen LogP contribution in [0.25, 0.3) is 6.08 Å². The van der Waals surface area contributed by atoms with E-state index in [-0.39, 0.29) is 12.1 Å². The molecule has 2 aromatic carbocycles. The zero-order valence-corrected chi connectivity index (χ0v) is 17.3. The van der Waals surface area contributed by atoms with Crippen molar-refractivity contribution < 1.29 is 35.9 Å². The number of benzene rings is 2. The molecule has 0 radical (unpaired) electrons. The van der Waals surface area contributed by atoms with Crippen LogP contribution in [0.5, 0.6) is 0 Å². The third-order valence-electron chi connectivity index (χ3n) is 4.25. The third-order valence-corrected chi connectivity index (χ3v) is 4.58. The fourth-order valence-electron chi connectivity index (χ4n) is 2.68. The smallest absolute Gasteiger partial charge is 0.330 e. The maximum absolute atomic E-state index is 13.0. The van der Waals surface area contributed by atoms with Gasteiger partial charge >= 0.3 is 12.4 Å². The van der Waals surface area contributed by atoms with Crippen molar-refractivity contribution in [2.75, 3.05) is 18.4 Å². The van der Waals surface area contributed by atoms with Crippen LogP contribution < -0.4 is 5.32 Å². The molecule has 4 nitrogen and oxygen atoms in total. The molecule has 0 aromatic heterocycles. The molecule has 0 unspecified atom stereocenters. The number of likely N-dealkylation sites (N-methyl/N-ethyl adjacent to an activating group) is 1. The first kappa shape index (κ1) is 25.3. The molecule has 2 amide bonds. The summed E-state index contributed by atoms with van der Waals surface area (Å²) < 4.78 is 77.9. The molecule has 0 spiro atoms. The Balaban J connectivity index is 2.10. The maximum Gasteiger partial charge on any atom is 0.418 e. The summed E-state index contributed by atoms with van der Waals surface area (Å²) in [6.45, 7) is 1.01. The van der Waals surface area contributed by atoms with E-state index in [1.807, 2.05) is 0 Å². The monoisotopic (exact) mass is 478 g/mol. The van der Waals surface area contributed by atoms with Gasteiger partial charge in [-0.3, -0.25) is 9.59 Å². The van der Waals surface area contributed by atoms with Gasteiger partial charge in [-0.1, -0.05) is 29.8 Å². The van der Waals surface area contributed by atoms with Crippen molar-refractivity contribution in [3.63, 3.8) is 0 Å². The number of nitrogens with one attached hydrogen (secondary N) is 1. The molecule has 0 atom stereocenters.